The van der Waals surface area contributed by atoms with Crippen LogP contribution in [-0.2, 0) is 9.47 Å². The molecule has 0 unspecified atom stereocenters. The van der Waals surface area contributed by atoms with Gasteiger partial charge in [-0.2, -0.15) is 0 Å². The van der Waals surface area contributed by atoms with Gasteiger partial charge in [-0.25, -0.2) is 0 Å². The largest absolute Gasteiger partial charge is 0.378 e. The topological polar surface area (TPSA) is 66.5 Å². The smallest absolute Gasteiger partial charge is 0.176 e. The number of para-hydroxylation sites is 1. The predicted molar refractivity (Wildman–Crippen MR) is 97.5 cm³/mol. The lowest BCUT2D eigenvalue weighted by atomic mass is 10.1. The van der Waals surface area contributed by atoms with Crippen LogP contribution in [0, 0.1) is 0 Å². The predicted octanol–water partition coefficient (Wildman–Crippen LogP) is 1.78. The summed E-state index contributed by atoms with van der Waals surface area (Å²) < 4.78 is 11.0. The van der Waals surface area contributed by atoms with Gasteiger partial charge in [-0.3, -0.25) is 0 Å². The number of rotatable bonds is 2. The molecule has 130 valence electrons. The Morgan fingerprint density at radius 1 is 0.800 bits per heavy atom. The second-order valence-electron chi connectivity index (χ2n) is 6.47. The van der Waals surface area contributed by atoms with Crippen LogP contribution in [0.4, 0.5) is 11.6 Å². The third kappa shape index (κ3) is 2.51. The summed E-state index contributed by atoms with van der Waals surface area (Å²) in [4.78, 5) is 8.12. The van der Waals surface area contributed by atoms with Crippen molar-refractivity contribution in [2.75, 3.05) is 62.4 Å². The molecule has 3 aromatic rings. The zero-order chi connectivity index (χ0) is 16.6. The summed E-state index contributed by atoms with van der Waals surface area (Å²) in [5.74, 6) is 1.87. The summed E-state index contributed by atoms with van der Waals surface area (Å²) >= 11 is 0. The lowest BCUT2D eigenvalue weighted by Crippen LogP contribution is -2.38. The lowest BCUT2D eigenvalue weighted by molar-refractivity contribution is 0.122. The van der Waals surface area contributed by atoms with Gasteiger partial charge in [-0.05, 0) is 6.07 Å². The number of fused-ring (bicyclic) bond motifs is 3. The quantitative estimate of drug-likeness (QED) is 0.768. The van der Waals surface area contributed by atoms with E-state index in [1.54, 1.807) is 0 Å². The molecule has 2 aromatic heterocycles. The van der Waals surface area contributed by atoms with Gasteiger partial charge in [0.25, 0.3) is 0 Å². The molecule has 2 saturated heterocycles. The number of nitrogens with one attached hydrogen (secondary N) is 1. The normalized spacial score (nSPS) is 19.0. The molecule has 0 amide bonds. The first-order chi connectivity index (χ1) is 12.4. The zero-order valence-corrected chi connectivity index (χ0v) is 14.1. The first-order valence-electron chi connectivity index (χ1n) is 8.84. The van der Waals surface area contributed by atoms with E-state index in [9.17, 15) is 0 Å². The van der Waals surface area contributed by atoms with Gasteiger partial charge in [0, 0.05) is 37.1 Å². The Labute approximate surface area is 145 Å². The average molecular weight is 339 g/mol. The second kappa shape index (κ2) is 6.16. The number of H-pyrrole nitrogens is 1. The number of benzene rings is 1. The number of hydrogen-bond acceptors (Lipinski definition) is 6. The van der Waals surface area contributed by atoms with Crippen LogP contribution in [-0.4, -0.2) is 67.8 Å². The number of ether oxygens (including phenoxy) is 2. The minimum atomic E-state index is 0.731. The number of aromatic nitrogens is 3. The van der Waals surface area contributed by atoms with Gasteiger partial charge in [0.15, 0.2) is 11.6 Å². The highest BCUT2D eigenvalue weighted by Crippen LogP contribution is 2.36. The first-order valence-corrected chi connectivity index (χ1v) is 8.84. The van der Waals surface area contributed by atoms with Crippen LogP contribution >= 0.6 is 0 Å². The SMILES string of the molecule is c1ccc2c(c1)[nH]c1c(N3CCOCC3)nnc(N3CCOCC3)c12. The summed E-state index contributed by atoms with van der Waals surface area (Å²) in [5.41, 5.74) is 2.19. The average Bonchev–Trinajstić information content (AvgIpc) is 3.08. The minimum absolute atomic E-state index is 0.731. The van der Waals surface area contributed by atoms with Gasteiger partial charge >= 0.3 is 0 Å². The van der Waals surface area contributed by atoms with Crippen LogP contribution < -0.4 is 9.80 Å². The van der Waals surface area contributed by atoms with E-state index in [0.29, 0.717) is 0 Å². The van der Waals surface area contributed by atoms with Crippen LogP contribution in [0.2, 0.25) is 0 Å². The highest BCUT2D eigenvalue weighted by Gasteiger charge is 2.24. The van der Waals surface area contributed by atoms with E-state index in [0.717, 1.165) is 80.7 Å². The third-order valence-electron chi connectivity index (χ3n) is 5.01. The first kappa shape index (κ1) is 14.9. The van der Waals surface area contributed by atoms with E-state index >= 15 is 0 Å². The molecule has 5 rings (SSSR count). The molecule has 4 heterocycles. The number of anilines is 2. The summed E-state index contributed by atoms with van der Waals surface area (Å²) in [5, 5.41) is 11.6. The van der Waals surface area contributed by atoms with Crippen molar-refractivity contribution in [3.63, 3.8) is 0 Å². The molecular weight excluding hydrogens is 318 g/mol. The van der Waals surface area contributed by atoms with E-state index in [1.165, 1.54) is 5.39 Å². The zero-order valence-electron chi connectivity index (χ0n) is 14.1. The lowest BCUT2D eigenvalue weighted by Gasteiger charge is -2.30. The Morgan fingerprint density at radius 2 is 1.40 bits per heavy atom. The molecule has 1 aromatic carbocycles. The fourth-order valence-electron chi connectivity index (χ4n) is 3.73. The number of hydrogen-bond donors (Lipinski definition) is 1. The molecule has 2 fully saturated rings. The van der Waals surface area contributed by atoms with Crippen molar-refractivity contribution in [1.82, 2.24) is 15.2 Å². The van der Waals surface area contributed by atoms with Crippen LogP contribution in [0.3, 0.4) is 0 Å². The van der Waals surface area contributed by atoms with Crippen molar-refractivity contribution in [3.8, 4) is 0 Å². The maximum absolute atomic E-state index is 5.50. The molecule has 7 nitrogen and oxygen atoms in total. The Kier molecular flexibility index (Phi) is 3.68. The van der Waals surface area contributed by atoms with Crippen LogP contribution in [0.25, 0.3) is 21.8 Å². The van der Waals surface area contributed by atoms with Crippen molar-refractivity contribution >= 4 is 33.4 Å². The molecule has 0 spiro atoms. The molecule has 1 N–H and O–H groups in total. The number of nitrogens with zero attached hydrogens (tertiary/aromatic N) is 4. The highest BCUT2D eigenvalue weighted by molar-refractivity contribution is 6.15. The standard InChI is InChI=1S/C18H21N5O2/c1-2-4-14-13(3-1)15-16(19-14)18(23-7-11-25-12-8-23)21-20-17(15)22-5-9-24-10-6-22/h1-4,19H,5-12H2. The van der Waals surface area contributed by atoms with E-state index in [2.05, 4.69) is 49.2 Å². The Bertz CT molecular complexity index is 897. The summed E-state index contributed by atoms with van der Waals surface area (Å²) in [6.07, 6.45) is 0. The van der Waals surface area contributed by atoms with E-state index < -0.39 is 0 Å². The molecule has 2 aliphatic heterocycles. The Hall–Kier alpha value is -2.38. The fourth-order valence-corrected chi connectivity index (χ4v) is 3.73. The van der Waals surface area contributed by atoms with Crippen LogP contribution in [0.1, 0.15) is 0 Å². The van der Waals surface area contributed by atoms with Crippen molar-refractivity contribution in [2.45, 2.75) is 0 Å². The molecule has 7 heteroatoms. The van der Waals surface area contributed by atoms with Crippen molar-refractivity contribution in [3.05, 3.63) is 24.3 Å². The van der Waals surface area contributed by atoms with Gasteiger partial charge < -0.3 is 24.3 Å². The molecule has 0 aliphatic carbocycles. The highest BCUT2D eigenvalue weighted by atomic mass is 16.5. The molecule has 0 radical (unpaired) electrons. The monoisotopic (exact) mass is 339 g/mol. The summed E-state index contributed by atoms with van der Waals surface area (Å²) in [6, 6.07) is 8.40. The van der Waals surface area contributed by atoms with Gasteiger partial charge in [0.05, 0.1) is 37.3 Å². The number of aromatic amines is 1. The molecule has 25 heavy (non-hydrogen) atoms. The van der Waals surface area contributed by atoms with Crippen molar-refractivity contribution in [2.24, 2.45) is 0 Å². The van der Waals surface area contributed by atoms with Crippen LogP contribution in [0.5, 0.6) is 0 Å². The van der Waals surface area contributed by atoms with E-state index in [4.69, 9.17) is 9.47 Å². The van der Waals surface area contributed by atoms with Crippen molar-refractivity contribution in [1.29, 1.82) is 0 Å². The maximum Gasteiger partial charge on any atom is 0.176 e. The Balaban J connectivity index is 1.72. The van der Waals surface area contributed by atoms with Crippen LogP contribution in [0.15, 0.2) is 24.3 Å². The minimum Gasteiger partial charge on any atom is -0.378 e. The van der Waals surface area contributed by atoms with Gasteiger partial charge in [0.1, 0.15) is 0 Å². The molecule has 2 aliphatic rings. The van der Waals surface area contributed by atoms with E-state index in [-0.39, 0.29) is 0 Å². The summed E-state index contributed by atoms with van der Waals surface area (Å²) in [7, 11) is 0. The molecule has 0 atom stereocenters. The van der Waals surface area contributed by atoms with Crippen molar-refractivity contribution < 1.29 is 9.47 Å². The third-order valence-corrected chi connectivity index (χ3v) is 5.01. The molecule has 0 bridgehead atoms. The number of morpholine rings is 2. The van der Waals surface area contributed by atoms with Gasteiger partial charge in [-0.1, -0.05) is 18.2 Å². The van der Waals surface area contributed by atoms with Gasteiger partial charge in [-0.15, -0.1) is 10.2 Å². The maximum atomic E-state index is 5.50. The van der Waals surface area contributed by atoms with E-state index in [1.807, 2.05) is 0 Å². The molecular formula is C18H21N5O2. The summed E-state index contributed by atoms with van der Waals surface area (Å²) in [6.45, 7) is 6.31. The Morgan fingerprint density at radius 3 is 2.12 bits per heavy atom. The van der Waals surface area contributed by atoms with Gasteiger partial charge in [0.2, 0.25) is 0 Å². The second-order valence-corrected chi connectivity index (χ2v) is 6.47. The fraction of sp³-hybridized carbons (Fsp3) is 0.444. The molecule has 0 saturated carbocycles.